The van der Waals surface area contributed by atoms with Crippen molar-refractivity contribution < 1.29 is 19.0 Å². The number of rotatable bonds is 5. The van der Waals surface area contributed by atoms with E-state index >= 15 is 0 Å². The van der Waals surface area contributed by atoms with Crippen molar-refractivity contribution in [1.82, 2.24) is 5.32 Å². The molecule has 2 rings (SSSR count). The van der Waals surface area contributed by atoms with E-state index in [1.807, 2.05) is 0 Å². The predicted octanol–water partition coefficient (Wildman–Crippen LogP) is 2.27. The van der Waals surface area contributed by atoms with Crippen molar-refractivity contribution in [1.29, 1.82) is 0 Å². The van der Waals surface area contributed by atoms with Gasteiger partial charge in [0.05, 0.1) is 18.2 Å². The van der Waals surface area contributed by atoms with Gasteiger partial charge in [-0.25, -0.2) is 0 Å². The zero-order chi connectivity index (χ0) is 14.4. The molecule has 0 saturated heterocycles. The number of benzene rings is 1. The fourth-order valence-electron chi connectivity index (χ4n) is 1.88. The van der Waals surface area contributed by atoms with E-state index in [4.69, 9.17) is 25.8 Å². The molecule has 0 aromatic heterocycles. The van der Waals surface area contributed by atoms with Gasteiger partial charge in [0, 0.05) is 32.2 Å². The van der Waals surface area contributed by atoms with E-state index in [9.17, 15) is 4.79 Å². The van der Waals surface area contributed by atoms with E-state index < -0.39 is 0 Å². The third-order valence-corrected chi connectivity index (χ3v) is 3.16. The van der Waals surface area contributed by atoms with E-state index in [1.165, 1.54) is 0 Å². The Hall–Kier alpha value is -1.46. The molecular formula is C14H18ClNO4. The van der Waals surface area contributed by atoms with Crippen LogP contribution in [0.25, 0.3) is 0 Å². The highest BCUT2D eigenvalue weighted by molar-refractivity contribution is 6.32. The second-order valence-electron chi connectivity index (χ2n) is 4.44. The van der Waals surface area contributed by atoms with Crippen molar-refractivity contribution >= 4 is 17.5 Å². The van der Waals surface area contributed by atoms with Crippen LogP contribution in [-0.2, 0) is 4.74 Å². The Morgan fingerprint density at radius 2 is 2.20 bits per heavy atom. The lowest BCUT2D eigenvalue weighted by Gasteiger charge is -2.11. The molecule has 1 aliphatic rings. The van der Waals surface area contributed by atoms with Gasteiger partial charge < -0.3 is 19.5 Å². The first-order chi connectivity index (χ1) is 9.72. The standard InChI is InChI=1S/C14H18ClNO4/c1-18-5-2-4-16-14(17)10-8-11(15)13-12(9-10)19-6-3-7-20-13/h8-9H,2-7H2,1H3,(H,16,17). The van der Waals surface area contributed by atoms with Crippen molar-refractivity contribution in [2.75, 3.05) is 33.5 Å². The van der Waals surface area contributed by atoms with Gasteiger partial charge in [-0.05, 0) is 18.6 Å². The Kier molecular flexibility index (Phi) is 5.49. The quantitative estimate of drug-likeness (QED) is 0.848. The third-order valence-electron chi connectivity index (χ3n) is 2.88. The molecule has 1 amide bonds. The van der Waals surface area contributed by atoms with E-state index in [-0.39, 0.29) is 5.91 Å². The summed E-state index contributed by atoms with van der Waals surface area (Å²) < 4.78 is 16.0. The minimum Gasteiger partial charge on any atom is -0.489 e. The second-order valence-corrected chi connectivity index (χ2v) is 4.85. The summed E-state index contributed by atoms with van der Waals surface area (Å²) in [5, 5.41) is 3.20. The molecular weight excluding hydrogens is 282 g/mol. The molecule has 5 nitrogen and oxygen atoms in total. The van der Waals surface area contributed by atoms with E-state index in [2.05, 4.69) is 5.32 Å². The molecule has 0 fully saturated rings. The Morgan fingerprint density at radius 1 is 1.40 bits per heavy atom. The number of nitrogens with one attached hydrogen (secondary N) is 1. The van der Waals surface area contributed by atoms with Gasteiger partial charge in [-0.1, -0.05) is 11.6 Å². The van der Waals surface area contributed by atoms with E-state index in [1.54, 1.807) is 19.2 Å². The monoisotopic (exact) mass is 299 g/mol. The lowest BCUT2D eigenvalue weighted by molar-refractivity contribution is 0.0948. The molecule has 0 aliphatic carbocycles. The molecule has 20 heavy (non-hydrogen) atoms. The van der Waals surface area contributed by atoms with Crippen LogP contribution in [0.3, 0.4) is 0 Å². The van der Waals surface area contributed by atoms with Crippen LogP contribution >= 0.6 is 11.6 Å². The maximum Gasteiger partial charge on any atom is 0.251 e. The molecule has 0 saturated carbocycles. The molecule has 1 aliphatic heterocycles. The summed E-state index contributed by atoms with van der Waals surface area (Å²) in [4.78, 5) is 12.0. The van der Waals surface area contributed by atoms with Crippen molar-refractivity contribution in [2.24, 2.45) is 0 Å². The van der Waals surface area contributed by atoms with Crippen LogP contribution in [0.5, 0.6) is 11.5 Å². The van der Waals surface area contributed by atoms with Crippen LogP contribution in [0.15, 0.2) is 12.1 Å². The molecule has 1 heterocycles. The van der Waals surface area contributed by atoms with Crippen molar-refractivity contribution in [2.45, 2.75) is 12.8 Å². The van der Waals surface area contributed by atoms with E-state index in [0.29, 0.717) is 48.5 Å². The lowest BCUT2D eigenvalue weighted by atomic mass is 10.2. The third kappa shape index (κ3) is 3.77. The first kappa shape index (κ1) is 14.9. The molecule has 1 N–H and O–H groups in total. The summed E-state index contributed by atoms with van der Waals surface area (Å²) >= 11 is 6.14. The number of methoxy groups -OCH3 is 1. The van der Waals surface area contributed by atoms with Crippen LogP contribution in [0.2, 0.25) is 5.02 Å². The fraction of sp³-hybridized carbons (Fsp3) is 0.500. The molecule has 0 bridgehead atoms. The largest absolute Gasteiger partial charge is 0.489 e. The number of hydrogen-bond acceptors (Lipinski definition) is 4. The average Bonchev–Trinajstić information content (AvgIpc) is 2.69. The summed E-state index contributed by atoms with van der Waals surface area (Å²) in [7, 11) is 1.63. The Labute approximate surface area is 123 Å². The normalized spacial score (nSPS) is 13.7. The van der Waals surface area contributed by atoms with Crippen molar-refractivity contribution in [3.05, 3.63) is 22.7 Å². The van der Waals surface area contributed by atoms with Crippen LogP contribution in [0, 0.1) is 0 Å². The molecule has 0 radical (unpaired) electrons. The molecule has 6 heteroatoms. The SMILES string of the molecule is COCCCNC(=O)c1cc(Cl)c2c(c1)OCCCO2. The summed E-state index contributed by atoms with van der Waals surface area (Å²) in [6.07, 6.45) is 1.56. The molecule has 1 aromatic rings. The fourth-order valence-corrected chi connectivity index (χ4v) is 2.15. The summed E-state index contributed by atoms with van der Waals surface area (Å²) in [6.45, 7) is 2.29. The van der Waals surface area contributed by atoms with Gasteiger partial charge in [-0.15, -0.1) is 0 Å². The van der Waals surface area contributed by atoms with Crippen LogP contribution < -0.4 is 14.8 Å². The maximum absolute atomic E-state index is 12.0. The number of halogens is 1. The van der Waals surface area contributed by atoms with Gasteiger partial charge in [0.15, 0.2) is 11.5 Å². The van der Waals surface area contributed by atoms with Gasteiger partial charge >= 0.3 is 0 Å². The number of carbonyl (C=O) groups is 1. The Bertz CT molecular complexity index is 478. The lowest BCUT2D eigenvalue weighted by Crippen LogP contribution is -2.25. The smallest absolute Gasteiger partial charge is 0.251 e. The van der Waals surface area contributed by atoms with Gasteiger partial charge in [-0.3, -0.25) is 4.79 Å². The zero-order valence-electron chi connectivity index (χ0n) is 11.4. The number of fused-ring (bicyclic) bond motifs is 1. The molecule has 0 spiro atoms. The predicted molar refractivity (Wildman–Crippen MR) is 75.9 cm³/mol. The van der Waals surface area contributed by atoms with Gasteiger partial charge in [0.1, 0.15) is 0 Å². The minimum atomic E-state index is -0.182. The van der Waals surface area contributed by atoms with Gasteiger partial charge in [-0.2, -0.15) is 0 Å². The molecule has 0 unspecified atom stereocenters. The highest BCUT2D eigenvalue weighted by Gasteiger charge is 2.18. The number of hydrogen-bond donors (Lipinski definition) is 1. The first-order valence-electron chi connectivity index (χ1n) is 6.58. The highest BCUT2D eigenvalue weighted by atomic mass is 35.5. The van der Waals surface area contributed by atoms with Crippen LogP contribution in [0.1, 0.15) is 23.2 Å². The number of carbonyl (C=O) groups excluding carboxylic acids is 1. The summed E-state index contributed by atoms with van der Waals surface area (Å²) in [6, 6.07) is 3.26. The van der Waals surface area contributed by atoms with Crippen LogP contribution in [0.4, 0.5) is 0 Å². The van der Waals surface area contributed by atoms with Crippen LogP contribution in [-0.4, -0.2) is 39.4 Å². The maximum atomic E-state index is 12.0. The molecule has 0 atom stereocenters. The first-order valence-corrected chi connectivity index (χ1v) is 6.96. The Morgan fingerprint density at radius 3 is 3.00 bits per heavy atom. The molecule has 1 aromatic carbocycles. The zero-order valence-corrected chi connectivity index (χ0v) is 12.2. The van der Waals surface area contributed by atoms with Crippen molar-refractivity contribution in [3.8, 4) is 11.5 Å². The minimum absolute atomic E-state index is 0.182. The second kappa shape index (κ2) is 7.36. The topological polar surface area (TPSA) is 56.8 Å². The summed E-state index contributed by atoms with van der Waals surface area (Å²) in [5.41, 5.74) is 0.469. The number of ether oxygens (including phenoxy) is 3. The highest BCUT2D eigenvalue weighted by Crippen LogP contribution is 2.37. The number of amides is 1. The van der Waals surface area contributed by atoms with E-state index in [0.717, 1.165) is 12.8 Å². The van der Waals surface area contributed by atoms with Crippen molar-refractivity contribution in [3.63, 3.8) is 0 Å². The summed E-state index contributed by atoms with van der Waals surface area (Å²) in [5.74, 6) is 0.857. The molecule has 110 valence electrons. The Balaban J connectivity index is 2.06. The van der Waals surface area contributed by atoms with Gasteiger partial charge in [0.2, 0.25) is 0 Å². The average molecular weight is 300 g/mol. The van der Waals surface area contributed by atoms with Gasteiger partial charge in [0.25, 0.3) is 5.91 Å².